The molecule has 0 radical (unpaired) electrons. The third kappa shape index (κ3) is 2.61. The van der Waals surface area contributed by atoms with Crippen LogP contribution in [0.3, 0.4) is 0 Å². The average molecular weight is 191 g/mol. The van der Waals surface area contributed by atoms with E-state index in [1.165, 1.54) is 12.5 Å². The van der Waals surface area contributed by atoms with Crippen LogP contribution in [0.25, 0.3) is 0 Å². The molecule has 7 heteroatoms. The fraction of sp³-hybridized carbons (Fsp3) is 0.400. The Kier molecular flexibility index (Phi) is 2.46. The first-order chi connectivity index (χ1) is 5.49. The first kappa shape index (κ1) is 9.17. The third-order valence-electron chi connectivity index (χ3n) is 1.31. The molecule has 0 saturated heterocycles. The highest BCUT2D eigenvalue weighted by Crippen LogP contribution is 2.07. The molecule has 0 saturated carbocycles. The highest BCUT2D eigenvalue weighted by molar-refractivity contribution is 7.83. The van der Waals surface area contributed by atoms with E-state index in [2.05, 4.69) is 9.97 Å². The van der Waals surface area contributed by atoms with Gasteiger partial charge in [-0.05, 0) is 6.92 Å². The summed E-state index contributed by atoms with van der Waals surface area (Å²) in [4.78, 5) is 6.41. The molecule has 0 bridgehead atoms. The molecule has 1 heterocycles. The van der Waals surface area contributed by atoms with Crippen molar-refractivity contribution in [3.05, 3.63) is 18.2 Å². The Morgan fingerprint density at radius 1 is 1.75 bits per heavy atom. The van der Waals surface area contributed by atoms with E-state index < -0.39 is 16.3 Å². The molecule has 6 nitrogen and oxygen atoms in total. The molecule has 0 aliphatic carbocycles. The van der Waals surface area contributed by atoms with Crippen LogP contribution in [-0.2, 0) is 10.3 Å². The van der Waals surface area contributed by atoms with Gasteiger partial charge in [-0.3, -0.25) is 4.55 Å². The minimum atomic E-state index is -4.15. The van der Waals surface area contributed by atoms with Crippen LogP contribution in [0.2, 0.25) is 0 Å². The summed E-state index contributed by atoms with van der Waals surface area (Å²) in [5.74, 6) is 0. The van der Waals surface area contributed by atoms with E-state index >= 15 is 0 Å². The summed E-state index contributed by atoms with van der Waals surface area (Å²) in [6.07, 6.45) is 2.90. The van der Waals surface area contributed by atoms with Gasteiger partial charge >= 0.3 is 10.3 Å². The summed E-state index contributed by atoms with van der Waals surface area (Å²) in [5, 5.41) is 0. The molecular weight excluding hydrogens is 182 g/mol. The summed E-state index contributed by atoms with van der Waals surface area (Å²) in [6, 6.07) is -0.512. The van der Waals surface area contributed by atoms with Crippen LogP contribution >= 0.6 is 0 Å². The van der Waals surface area contributed by atoms with Gasteiger partial charge < -0.3 is 4.98 Å². The van der Waals surface area contributed by atoms with E-state index in [1.807, 2.05) is 4.72 Å². The second-order valence-corrected chi connectivity index (χ2v) is 3.51. The minimum absolute atomic E-state index is 0.512. The standard InChI is InChI=1S/C5H9N3O3S/c1-4(8-12(9,10)11)5-2-6-3-7-5/h2-4,8H,1H3,(H,6,7)(H,9,10,11). The van der Waals surface area contributed by atoms with Crippen molar-refractivity contribution in [1.29, 1.82) is 0 Å². The Hall–Kier alpha value is -0.920. The van der Waals surface area contributed by atoms with Gasteiger partial charge in [-0.25, -0.2) is 4.98 Å². The van der Waals surface area contributed by atoms with Crippen molar-refractivity contribution >= 4 is 10.3 Å². The Morgan fingerprint density at radius 2 is 2.42 bits per heavy atom. The number of nitrogens with zero attached hydrogens (tertiary/aromatic N) is 1. The van der Waals surface area contributed by atoms with Gasteiger partial charge in [0.1, 0.15) is 0 Å². The minimum Gasteiger partial charge on any atom is -0.347 e. The number of rotatable bonds is 3. The Balaban J connectivity index is 2.68. The smallest absolute Gasteiger partial charge is 0.333 e. The van der Waals surface area contributed by atoms with E-state index in [9.17, 15) is 8.42 Å². The number of imidazole rings is 1. The van der Waals surface area contributed by atoms with E-state index in [4.69, 9.17) is 4.55 Å². The molecule has 68 valence electrons. The molecule has 3 N–H and O–H groups in total. The summed E-state index contributed by atoms with van der Waals surface area (Å²) >= 11 is 0. The van der Waals surface area contributed by atoms with Crippen LogP contribution in [0.5, 0.6) is 0 Å². The molecule has 1 rings (SSSR count). The number of H-pyrrole nitrogens is 1. The molecule has 1 atom stereocenters. The topological polar surface area (TPSA) is 95.1 Å². The Bertz CT molecular complexity index is 331. The number of hydrogen-bond donors (Lipinski definition) is 3. The van der Waals surface area contributed by atoms with Crippen molar-refractivity contribution < 1.29 is 13.0 Å². The van der Waals surface area contributed by atoms with Gasteiger partial charge in [0.2, 0.25) is 0 Å². The van der Waals surface area contributed by atoms with Crippen molar-refractivity contribution in [2.75, 3.05) is 0 Å². The number of nitrogens with one attached hydrogen (secondary N) is 2. The van der Waals surface area contributed by atoms with E-state index in [1.54, 1.807) is 6.92 Å². The summed E-state index contributed by atoms with van der Waals surface area (Å²) in [6.45, 7) is 1.58. The first-order valence-corrected chi connectivity index (χ1v) is 4.66. The number of aromatic amines is 1. The molecule has 0 aromatic carbocycles. The summed E-state index contributed by atoms with van der Waals surface area (Å²) < 4.78 is 31.1. The van der Waals surface area contributed by atoms with Crippen LogP contribution in [0.4, 0.5) is 0 Å². The maximum absolute atomic E-state index is 10.3. The molecule has 1 aromatic heterocycles. The Morgan fingerprint density at radius 3 is 2.83 bits per heavy atom. The largest absolute Gasteiger partial charge is 0.347 e. The van der Waals surface area contributed by atoms with Gasteiger partial charge in [0.25, 0.3) is 0 Å². The number of hydrogen-bond acceptors (Lipinski definition) is 3. The average Bonchev–Trinajstić information content (AvgIpc) is 2.32. The van der Waals surface area contributed by atoms with Crippen LogP contribution in [0.1, 0.15) is 18.7 Å². The van der Waals surface area contributed by atoms with E-state index in [0.29, 0.717) is 5.69 Å². The van der Waals surface area contributed by atoms with Crippen LogP contribution < -0.4 is 4.72 Å². The van der Waals surface area contributed by atoms with Crippen LogP contribution in [-0.4, -0.2) is 22.9 Å². The zero-order valence-electron chi connectivity index (χ0n) is 6.35. The van der Waals surface area contributed by atoms with Gasteiger partial charge in [0.05, 0.1) is 18.1 Å². The highest BCUT2D eigenvalue weighted by atomic mass is 32.2. The molecule has 1 unspecified atom stereocenters. The second-order valence-electron chi connectivity index (χ2n) is 2.32. The molecule has 0 spiro atoms. The summed E-state index contributed by atoms with van der Waals surface area (Å²) in [5.41, 5.74) is 0.590. The third-order valence-corrected chi connectivity index (χ3v) is 1.96. The van der Waals surface area contributed by atoms with Gasteiger partial charge in [-0.2, -0.15) is 13.1 Å². The SMILES string of the molecule is CC(NS(=O)(=O)O)c1cnc[nH]1. The van der Waals surface area contributed by atoms with Gasteiger partial charge in [-0.1, -0.05) is 0 Å². The van der Waals surface area contributed by atoms with E-state index in [-0.39, 0.29) is 0 Å². The normalized spacial score (nSPS) is 14.5. The lowest BCUT2D eigenvalue weighted by Crippen LogP contribution is -2.25. The number of aromatic nitrogens is 2. The van der Waals surface area contributed by atoms with Crippen molar-refractivity contribution in [1.82, 2.24) is 14.7 Å². The van der Waals surface area contributed by atoms with Crippen molar-refractivity contribution in [3.8, 4) is 0 Å². The molecule has 1 aromatic rings. The van der Waals surface area contributed by atoms with Crippen molar-refractivity contribution in [2.24, 2.45) is 0 Å². The summed E-state index contributed by atoms with van der Waals surface area (Å²) in [7, 11) is -4.15. The van der Waals surface area contributed by atoms with Crippen molar-refractivity contribution in [2.45, 2.75) is 13.0 Å². The van der Waals surface area contributed by atoms with E-state index in [0.717, 1.165) is 0 Å². The molecule has 0 aliphatic rings. The molecule has 0 aliphatic heterocycles. The quantitative estimate of drug-likeness (QED) is 0.579. The van der Waals surface area contributed by atoms with Gasteiger partial charge in [0, 0.05) is 6.20 Å². The fourth-order valence-corrected chi connectivity index (χ4v) is 1.36. The molecular formula is C5H9N3O3S. The fourth-order valence-electron chi connectivity index (χ4n) is 0.790. The molecule has 12 heavy (non-hydrogen) atoms. The predicted octanol–water partition coefficient (Wildman–Crippen LogP) is -0.137. The maximum Gasteiger partial charge on any atom is 0.333 e. The monoisotopic (exact) mass is 191 g/mol. The Labute approximate surface area is 69.9 Å². The second kappa shape index (κ2) is 3.21. The molecule has 0 fully saturated rings. The zero-order chi connectivity index (χ0) is 9.19. The lowest BCUT2D eigenvalue weighted by atomic mass is 10.3. The molecule has 0 amide bonds. The zero-order valence-corrected chi connectivity index (χ0v) is 7.17. The highest BCUT2D eigenvalue weighted by Gasteiger charge is 2.12. The van der Waals surface area contributed by atoms with Gasteiger partial charge in [0.15, 0.2) is 0 Å². The predicted molar refractivity (Wildman–Crippen MR) is 41.7 cm³/mol. The van der Waals surface area contributed by atoms with Crippen LogP contribution in [0, 0.1) is 0 Å². The lowest BCUT2D eigenvalue weighted by molar-refractivity contribution is 0.456. The van der Waals surface area contributed by atoms with Crippen molar-refractivity contribution in [3.63, 3.8) is 0 Å². The lowest BCUT2D eigenvalue weighted by Gasteiger charge is -2.07. The van der Waals surface area contributed by atoms with Gasteiger partial charge in [-0.15, -0.1) is 0 Å². The first-order valence-electron chi connectivity index (χ1n) is 3.22. The maximum atomic E-state index is 10.3. The van der Waals surface area contributed by atoms with Crippen LogP contribution in [0.15, 0.2) is 12.5 Å².